The predicted molar refractivity (Wildman–Crippen MR) is 64.7 cm³/mol. The average molecular weight is 228 g/mol. The third-order valence-corrected chi connectivity index (χ3v) is 2.72. The number of rotatable bonds is 2. The highest BCUT2D eigenvalue weighted by molar-refractivity contribution is 5.81. The van der Waals surface area contributed by atoms with Gasteiger partial charge in [-0.2, -0.15) is 5.10 Å². The van der Waals surface area contributed by atoms with Crippen molar-refractivity contribution in [2.24, 2.45) is 0 Å². The van der Waals surface area contributed by atoms with Crippen LogP contribution in [0, 0.1) is 0 Å². The Bertz CT molecular complexity index is 559. The van der Waals surface area contributed by atoms with E-state index in [1.807, 2.05) is 31.2 Å². The molecule has 0 unspecified atom stereocenters. The molecule has 17 heavy (non-hydrogen) atoms. The number of hydrogen-bond acceptors (Lipinski definition) is 3. The van der Waals surface area contributed by atoms with Crippen molar-refractivity contribution in [3.63, 3.8) is 0 Å². The lowest BCUT2D eigenvalue weighted by atomic mass is 10.1. The molecule has 0 bridgehead atoms. The maximum absolute atomic E-state index is 5.46. The Labute approximate surface area is 98.9 Å². The summed E-state index contributed by atoms with van der Waals surface area (Å²) in [6, 6.07) is 7.81. The van der Waals surface area contributed by atoms with Gasteiger partial charge in [-0.05, 0) is 30.7 Å². The number of aromatic amines is 1. The first-order valence-corrected chi connectivity index (χ1v) is 5.41. The maximum atomic E-state index is 5.46. The molecule has 0 amide bonds. The number of H-pyrrole nitrogens is 1. The molecule has 1 N–H and O–H groups in total. The molecule has 0 aliphatic carbocycles. The van der Waals surface area contributed by atoms with Gasteiger partial charge in [0, 0.05) is 11.8 Å². The van der Waals surface area contributed by atoms with Crippen LogP contribution in [0.4, 0.5) is 0 Å². The number of nitrogens with zero attached hydrogens (tertiary/aromatic N) is 1. The summed E-state index contributed by atoms with van der Waals surface area (Å²) >= 11 is 0. The first kappa shape index (κ1) is 9.96. The van der Waals surface area contributed by atoms with Crippen LogP contribution in [0.5, 0.6) is 11.5 Å². The van der Waals surface area contributed by atoms with Gasteiger partial charge in [0.1, 0.15) is 0 Å². The summed E-state index contributed by atoms with van der Waals surface area (Å²) in [5.41, 5.74) is 3.13. The minimum Gasteiger partial charge on any atom is -0.454 e. The summed E-state index contributed by atoms with van der Waals surface area (Å²) in [5.74, 6) is 1.61. The molecule has 1 aliphatic heterocycles. The molecule has 4 heteroatoms. The van der Waals surface area contributed by atoms with Gasteiger partial charge in [-0.15, -0.1) is 0 Å². The monoisotopic (exact) mass is 228 g/mol. The van der Waals surface area contributed by atoms with Crippen LogP contribution in [0.25, 0.3) is 11.6 Å². The predicted octanol–water partition coefficient (Wildman–Crippen LogP) is 2.70. The third kappa shape index (κ3) is 1.78. The zero-order chi connectivity index (χ0) is 11.7. The number of fused-ring (bicyclic) bond motifs is 1. The highest BCUT2D eigenvalue weighted by Gasteiger charge is 2.15. The highest BCUT2D eigenvalue weighted by Crippen LogP contribution is 2.36. The second kappa shape index (κ2) is 3.97. The van der Waals surface area contributed by atoms with Gasteiger partial charge in [-0.3, -0.25) is 5.10 Å². The van der Waals surface area contributed by atoms with Crippen LogP contribution in [0.15, 0.2) is 30.5 Å². The number of benzene rings is 1. The van der Waals surface area contributed by atoms with E-state index < -0.39 is 0 Å². The Balaban J connectivity index is 2.01. The lowest BCUT2D eigenvalue weighted by molar-refractivity contribution is 0.174. The molecule has 4 nitrogen and oxygen atoms in total. The van der Waals surface area contributed by atoms with E-state index in [0.29, 0.717) is 6.79 Å². The Morgan fingerprint density at radius 3 is 3.12 bits per heavy atom. The fraction of sp³-hybridized carbons (Fsp3) is 0.154. The topological polar surface area (TPSA) is 47.1 Å². The van der Waals surface area contributed by atoms with Gasteiger partial charge in [-0.25, -0.2) is 0 Å². The number of allylic oxidation sites excluding steroid dienone is 1. The lowest BCUT2D eigenvalue weighted by Gasteiger charge is -2.02. The van der Waals surface area contributed by atoms with E-state index in [-0.39, 0.29) is 0 Å². The Morgan fingerprint density at radius 1 is 1.35 bits per heavy atom. The molecule has 1 aliphatic rings. The Morgan fingerprint density at radius 2 is 2.29 bits per heavy atom. The van der Waals surface area contributed by atoms with Gasteiger partial charge in [0.05, 0.1) is 5.69 Å². The molecule has 0 fully saturated rings. The van der Waals surface area contributed by atoms with E-state index in [0.717, 1.165) is 28.3 Å². The van der Waals surface area contributed by atoms with Crippen LogP contribution in [0.1, 0.15) is 18.2 Å². The highest BCUT2D eigenvalue weighted by atomic mass is 16.7. The molecule has 0 atom stereocenters. The van der Waals surface area contributed by atoms with E-state index in [4.69, 9.17) is 9.47 Å². The van der Waals surface area contributed by atoms with E-state index in [1.165, 1.54) is 0 Å². The van der Waals surface area contributed by atoms with Crippen molar-refractivity contribution in [2.45, 2.75) is 6.92 Å². The molecule has 1 aromatic carbocycles. The van der Waals surface area contributed by atoms with Crippen LogP contribution in [-0.2, 0) is 0 Å². The van der Waals surface area contributed by atoms with Crippen LogP contribution in [0.2, 0.25) is 0 Å². The number of ether oxygens (including phenoxy) is 2. The molecule has 2 heterocycles. The van der Waals surface area contributed by atoms with E-state index in [2.05, 4.69) is 16.3 Å². The minimum absolute atomic E-state index is 0.295. The summed E-state index contributed by atoms with van der Waals surface area (Å²) in [6.07, 6.45) is 3.79. The SMILES string of the molecule is C/C(=C\c1cccc2c1OCO2)c1ccn[nH]1. The fourth-order valence-corrected chi connectivity index (χ4v) is 1.85. The molecular formula is C13H12N2O2. The van der Waals surface area contributed by atoms with Gasteiger partial charge in [0.15, 0.2) is 11.5 Å². The van der Waals surface area contributed by atoms with Gasteiger partial charge >= 0.3 is 0 Å². The molecule has 1 aromatic heterocycles. The molecule has 86 valence electrons. The standard InChI is InChI=1S/C13H12N2O2/c1-9(11-5-6-14-15-11)7-10-3-2-4-12-13(10)17-8-16-12/h2-7H,8H2,1H3,(H,14,15)/b9-7+. The summed E-state index contributed by atoms with van der Waals surface area (Å²) in [5, 5.41) is 6.87. The van der Waals surface area contributed by atoms with Crippen LogP contribution in [0.3, 0.4) is 0 Å². The quantitative estimate of drug-likeness (QED) is 0.859. The second-order valence-electron chi connectivity index (χ2n) is 3.88. The van der Waals surface area contributed by atoms with Crippen LogP contribution < -0.4 is 9.47 Å². The van der Waals surface area contributed by atoms with Gasteiger partial charge in [-0.1, -0.05) is 12.1 Å². The number of hydrogen-bond donors (Lipinski definition) is 1. The smallest absolute Gasteiger partial charge is 0.231 e. The van der Waals surface area contributed by atoms with Gasteiger partial charge < -0.3 is 9.47 Å². The molecule has 2 aromatic rings. The third-order valence-electron chi connectivity index (χ3n) is 2.72. The normalized spacial score (nSPS) is 14.1. The largest absolute Gasteiger partial charge is 0.454 e. The molecule has 0 saturated carbocycles. The summed E-state index contributed by atoms with van der Waals surface area (Å²) < 4.78 is 10.8. The first-order chi connectivity index (χ1) is 8.34. The van der Waals surface area contributed by atoms with Crippen LogP contribution in [-0.4, -0.2) is 17.0 Å². The zero-order valence-electron chi connectivity index (χ0n) is 9.43. The average Bonchev–Trinajstić information content (AvgIpc) is 3.00. The molecule has 3 rings (SSSR count). The number of aromatic nitrogens is 2. The number of nitrogens with one attached hydrogen (secondary N) is 1. The summed E-state index contributed by atoms with van der Waals surface area (Å²) in [4.78, 5) is 0. The summed E-state index contributed by atoms with van der Waals surface area (Å²) in [7, 11) is 0. The van der Waals surface area contributed by atoms with E-state index in [1.54, 1.807) is 6.20 Å². The summed E-state index contributed by atoms with van der Waals surface area (Å²) in [6.45, 7) is 2.33. The van der Waals surface area contributed by atoms with Crippen molar-refractivity contribution >= 4 is 11.6 Å². The van der Waals surface area contributed by atoms with Crippen molar-refractivity contribution in [1.82, 2.24) is 10.2 Å². The van der Waals surface area contributed by atoms with Crippen LogP contribution >= 0.6 is 0 Å². The van der Waals surface area contributed by atoms with Crippen molar-refractivity contribution in [3.05, 3.63) is 41.7 Å². The second-order valence-corrected chi connectivity index (χ2v) is 3.88. The molecule has 0 saturated heterocycles. The maximum Gasteiger partial charge on any atom is 0.231 e. The Kier molecular flexibility index (Phi) is 2.33. The lowest BCUT2D eigenvalue weighted by Crippen LogP contribution is -1.93. The Hall–Kier alpha value is -2.23. The van der Waals surface area contributed by atoms with E-state index in [9.17, 15) is 0 Å². The fourth-order valence-electron chi connectivity index (χ4n) is 1.85. The molecular weight excluding hydrogens is 216 g/mol. The van der Waals surface area contributed by atoms with E-state index >= 15 is 0 Å². The van der Waals surface area contributed by atoms with Crippen molar-refractivity contribution < 1.29 is 9.47 Å². The van der Waals surface area contributed by atoms with Crippen molar-refractivity contribution in [1.29, 1.82) is 0 Å². The van der Waals surface area contributed by atoms with Gasteiger partial charge in [0.2, 0.25) is 6.79 Å². The van der Waals surface area contributed by atoms with Crippen molar-refractivity contribution in [3.8, 4) is 11.5 Å². The van der Waals surface area contributed by atoms with Crippen molar-refractivity contribution in [2.75, 3.05) is 6.79 Å². The molecule has 0 radical (unpaired) electrons. The molecule has 0 spiro atoms. The minimum atomic E-state index is 0.295. The van der Waals surface area contributed by atoms with Gasteiger partial charge in [0.25, 0.3) is 0 Å². The first-order valence-electron chi connectivity index (χ1n) is 5.41. The number of para-hydroxylation sites is 1. The zero-order valence-corrected chi connectivity index (χ0v) is 9.43.